The molecule has 2 rings (SSSR count). The fourth-order valence-electron chi connectivity index (χ4n) is 2.08. The quantitative estimate of drug-likeness (QED) is 0.820. The summed E-state index contributed by atoms with van der Waals surface area (Å²) < 4.78 is 5.60. The second-order valence-electron chi connectivity index (χ2n) is 4.21. The highest BCUT2D eigenvalue weighted by Gasteiger charge is 2.23. The van der Waals surface area contributed by atoms with Gasteiger partial charge in [-0.3, -0.25) is 0 Å². The lowest BCUT2D eigenvalue weighted by molar-refractivity contribution is 0.0145. The first kappa shape index (κ1) is 11.4. The normalized spacial score (nSPS) is 18.4. The fraction of sp³-hybridized carbons (Fsp3) is 0.538. The molecule has 3 heteroatoms. The topological polar surface area (TPSA) is 49.7 Å². The van der Waals surface area contributed by atoms with E-state index in [4.69, 9.17) is 4.74 Å². The first-order valence-electron chi connectivity index (χ1n) is 5.84. The van der Waals surface area contributed by atoms with Gasteiger partial charge in [0.25, 0.3) is 0 Å². The highest BCUT2D eigenvalue weighted by molar-refractivity contribution is 5.44. The van der Waals surface area contributed by atoms with Crippen molar-refractivity contribution < 1.29 is 14.9 Å². The Labute approximate surface area is 95.7 Å². The van der Waals surface area contributed by atoms with Crippen LogP contribution in [0.15, 0.2) is 18.2 Å². The van der Waals surface area contributed by atoms with Crippen LogP contribution in [-0.4, -0.2) is 22.9 Å². The van der Waals surface area contributed by atoms with Gasteiger partial charge in [-0.15, -0.1) is 0 Å². The Morgan fingerprint density at radius 3 is 2.94 bits per heavy atom. The maximum absolute atomic E-state index is 10.0. The Kier molecular flexibility index (Phi) is 3.46. The third-order valence-electron chi connectivity index (χ3n) is 3.07. The van der Waals surface area contributed by atoms with Crippen molar-refractivity contribution in [3.05, 3.63) is 29.3 Å². The van der Waals surface area contributed by atoms with Gasteiger partial charge in [0, 0.05) is 5.56 Å². The number of rotatable bonds is 3. The van der Waals surface area contributed by atoms with Gasteiger partial charge >= 0.3 is 0 Å². The molecule has 0 radical (unpaired) electrons. The highest BCUT2D eigenvalue weighted by atomic mass is 16.5. The largest absolute Gasteiger partial charge is 0.493 e. The molecule has 2 atom stereocenters. The predicted octanol–water partition coefficient (Wildman–Crippen LogP) is 1.82. The molecule has 1 aliphatic heterocycles. The van der Waals surface area contributed by atoms with Crippen molar-refractivity contribution in [3.63, 3.8) is 0 Å². The van der Waals surface area contributed by atoms with E-state index in [9.17, 15) is 10.2 Å². The zero-order chi connectivity index (χ0) is 11.5. The molecule has 0 spiro atoms. The van der Waals surface area contributed by atoms with E-state index in [2.05, 4.69) is 0 Å². The Hall–Kier alpha value is -1.06. The molecule has 1 aliphatic rings. The van der Waals surface area contributed by atoms with Crippen LogP contribution in [-0.2, 0) is 6.42 Å². The van der Waals surface area contributed by atoms with E-state index in [1.165, 1.54) is 0 Å². The van der Waals surface area contributed by atoms with E-state index in [0.717, 1.165) is 24.2 Å². The van der Waals surface area contributed by atoms with E-state index < -0.39 is 12.2 Å². The maximum atomic E-state index is 10.0. The van der Waals surface area contributed by atoms with Crippen molar-refractivity contribution in [2.24, 2.45) is 0 Å². The summed E-state index contributed by atoms with van der Waals surface area (Å²) in [6, 6.07) is 5.76. The van der Waals surface area contributed by atoms with E-state index in [1.54, 1.807) is 0 Å². The molecule has 1 aromatic carbocycles. The lowest BCUT2D eigenvalue weighted by Gasteiger charge is -2.24. The molecule has 0 aromatic heterocycles. The minimum Gasteiger partial charge on any atom is -0.493 e. The zero-order valence-corrected chi connectivity index (χ0v) is 9.52. The summed E-state index contributed by atoms with van der Waals surface area (Å²) in [7, 11) is 0. The molecule has 0 fully saturated rings. The van der Waals surface area contributed by atoms with Gasteiger partial charge in [-0.05, 0) is 24.8 Å². The summed E-state index contributed by atoms with van der Waals surface area (Å²) >= 11 is 0. The first-order valence-corrected chi connectivity index (χ1v) is 5.84. The minimum atomic E-state index is -0.849. The van der Waals surface area contributed by atoms with Gasteiger partial charge in [0.1, 0.15) is 11.9 Å². The summed E-state index contributed by atoms with van der Waals surface area (Å²) in [5.74, 6) is 0.772. The van der Waals surface area contributed by atoms with Crippen LogP contribution in [0.2, 0.25) is 0 Å². The number of hydrogen-bond acceptors (Lipinski definition) is 3. The predicted molar refractivity (Wildman–Crippen MR) is 61.5 cm³/mol. The number of ether oxygens (including phenoxy) is 1. The van der Waals surface area contributed by atoms with Crippen molar-refractivity contribution in [2.45, 2.75) is 38.4 Å². The Bertz CT molecular complexity index is 362. The number of aliphatic hydroxyl groups is 2. The van der Waals surface area contributed by atoms with Crippen LogP contribution in [0.25, 0.3) is 0 Å². The number of fused-ring (bicyclic) bond motifs is 1. The van der Waals surface area contributed by atoms with Crippen molar-refractivity contribution in [3.8, 4) is 5.75 Å². The van der Waals surface area contributed by atoms with Crippen LogP contribution < -0.4 is 4.74 Å². The van der Waals surface area contributed by atoms with Gasteiger partial charge in [0.05, 0.1) is 12.7 Å². The molecule has 1 aromatic rings. The second kappa shape index (κ2) is 4.85. The number of aryl methyl sites for hydroxylation is 1. The monoisotopic (exact) mass is 222 g/mol. The van der Waals surface area contributed by atoms with Crippen LogP contribution in [0.4, 0.5) is 0 Å². The third kappa shape index (κ3) is 2.06. The van der Waals surface area contributed by atoms with Gasteiger partial charge in [0.15, 0.2) is 0 Å². The molecule has 0 saturated heterocycles. The fourth-order valence-corrected chi connectivity index (χ4v) is 2.08. The molecular weight excluding hydrogens is 204 g/mol. The summed E-state index contributed by atoms with van der Waals surface area (Å²) in [5.41, 5.74) is 1.85. The Morgan fingerprint density at radius 1 is 1.38 bits per heavy atom. The Balaban J connectivity index is 2.33. The number of aliphatic hydroxyl groups excluding tert-OH is 2. The molecule has 0 bridgehead atoms. The van der Waals surface area contributed by atoms with Crippen molar-refractivity contribution in [2.75, 3.05) is 6.61 Å². The van der Waals surface area contributed by atoms with E-state index in [0.29, 0.717) is 18.6 Å². The lowest BCUT2D eigenvalue weighted by atomic mass is 9.96. The lowest BCUT2D eigenvalue weighted by Crippen LogP contribution is -2.20. The number of benzene rings is 1. The molecule has 1 heterocycles. The molecule has 0 amide bonds. The van der Waals surface area contributed by atoms with Gasteiger partial charge in [0.2, 0.25) is 0 Å². The Morgan fingerprint density at radius 2 is 2.19 bits per heavy atom. The van der Waals surface area contributed by atoms with Gasteiger partial charge in [-0.1, -0.05) is 25.1 Å². The zero-order valence-electron chi connectivity index (χ0n) is 9.52. The highest BCUT2D eigenvalue weighted by Crippen LogP contribution is 2.34. The van der Waals surface area contributed by atoms with Crippen LogP contribution in [0.1, 0.15) is 37.0 Å². The molecular formula is C13H18O3. The summed E-state index contributed by atoms with van der Waals surface area (Å²) in [5, 5.41) is 19.7. The van der Waals surface area contributed by atoms with E-state index in [-0.39, 0.29) is 0 Å². The number of para-hydroxylation sites is 1. The minimum absolute atomic E-state index is 0.533. The molecule has 3 nitrogen and oxygen atoms in total. The molecule has 2 unspecified atom stereocenters. The van der Waals surface area contributed by atoms with Crippen molar-refractivity contribution >= 4 is 0 Å². The summed E-state index contributed by atoms with van der Waals surface area (Å²) in [4.78, 5) is 0. The third-order valence-corrected chi connectivity index (χ3v) is 3.07. The molecule has 2 N–H and O–H groups in total. The average molecular weight is 222 g/mol. The standard InChI is InChI=1S/C13H18O3/c1-2-11(14)12(15)10-7-3-5-9-6-4-8-16-13(9)10/h3,5,7,11-12,14-15H,2,4,6,8H2,1H3. The average Bonchev–Trinajstić information content (AvgIpc) is 2.36. The van der Waals surface area contributed by atoms with Crippen molar-refractivity contribution in [1.29, 1.82) is 0 Å². The van der Waals surface area contributed by atoms with E-state index >= 15 is 0 Å². The van der Waals surface area contributed by atoms with Crippen molar-refractivity contribution in [1.82, 2.24) is 0 Å². The van der Waals surface area contributed by atoms with Crippen LogP contribution in [0.5, 0.6) is 5.75 Å². The molecule has 16 heavy (non-hydrogen) atoms. The van der Waals surface area contributed by atoms with Gasteiger partial charge in [-0.25, -0.2) is 0 Å². The maximum Gasteiger partial charge on any atom is 0.128 e. The second-order valence-corrected chi connectivity index (χ2v) is 4.21. The molecule has 88 valence electrons. The first-order chi connectivity index (χ1) is 7.74. The van der Waals surface area contributed by atoms with Crippen LogP contribution >= 0.6 is 0 Å². The van der Waals surface area contributed by atoms with E-state index in [1.807, 2.05) is 25.1 Å². The van der Waals surface area contributed by atoms with Crippen LogP contribution in [0.3, 0.4) is 0 Å². The summed E-state index contributed by atoms with van der Waals surface area (Å²) in [6.07, 6.45) is 0.960. The van der Waals surface area contributed by atoms with Gasteiger partial charge in [-0.2, -0.15) is 0 Å². The number of hydrogen-bond donors (Lipinski definition) is 2. The molecule has 0 aliphatic carbocycles. The summed E-state index contributed by atoms with van der Waals surface area (Å²) in [6.45, 7) is 2.54. The van der Waals surface area contributed by atoms with Crippen LogP contribution in [0, 0.1) is 0 Å². The SMILES string of the molecule is CCC(O)C(O)c1cccc2c1OCCC2. The molecule has 0 saturated carbocycles. The van der Waals surface area contributed by atoms with Gasteiger partial charge < -0.3 is 14.9 Å². The smallest absolute Gasteiger partial charge is 0.128 e.